The molecule has 0 aromatic rings. The fraction of sp³-hybridized carbons (Fsp3) is 0.909. The van der Waals surface area contributed by atoms with Crippen LogP contribution in [0.25, 0.3) is 0 Å². The van der Waals surface area contributed by atoms with E-state index in [0.29, 0.717) is 6.42 Å². The molecule has 2 aliphatic carbocycles. The summed E-state index contributed by atoms with van der Waals surface area (Å²) in [5.41, 5.74) is -6.36. The third kappa shape index (κ3) is 2.05. The molecular formula is C11H15F3O4SSe. The Bertz CT molecular complexity index is 542. The molecule has 2 bridgehead atoms. The van der Waals surface area contributed by atoms with Crippen LogP contribution in [0.4, 0.5) is 13.2 Å². The van der Waals surface area contributed by atoms with E-state index in [1.54, 1.807) is 0 Å². The van der Waals surface area contributed by atoms with E-state index in [9.17, 15) is 26.4 Å². The summed E-state index contributed by atoms with van der Waals surface area (Å²) in [6.07, 6.45) is 1.42. The van der Waals surface area contributed by atoms with E-state index in [0.717, 1.165) is 6.42 Å². The van der Waals surface area contributed by atoms with Gasteiger partial charge in [-0.05, 0) is 0 Å². The predicted octanol–water partition coefficient (Wildman–Crippen LogP) is 2.29. The minimum atomic E-state index is -5.61. The Hall–Kier alpha value is -0.111. The summed E-state index contributed by atoms with van der Waals surface area (Å²) < 4.78 is 62.7. The zero-order chi connectivity index (χ0) is 15.6. The molecule has 2 rings (SSSR count). The minimum absolute atomic E-state index is 0.108. The van der Waals surface area contributed by atoms with Crippen LogP contribution in [-0.2, 0) is 18.2 Å². The van der Waals surface area contributed by atoms with Crippen LogP contribution in [0.3, 0.4) is 0 Å². The molecule has 0 heterocycles. The Morgan fingerprint density at radius 3 is 2.25 bits per heavy atom. The van der Waals surface area contributed by atoms with Gasteiger partial charge in [0.05, 0.1) is 0 Å². The van der Waals surface area contributed by atoms with Gasteiger partial charge in [-0.15, -0.1) is 0 Å². The average Bonchev–Trinajstić information content (AvgIpc) is 2.58. The van der Waals surface area contributed by atoms with Crippen molar-refractivity contribution in [3.8, 4) is 0 Å². The van der Waals surface area contributed by atoms with Crippen molar-refractivity contribution in [1.29, 1.82) is 0 Å². The molecule has 0 unspecified atom stereocenters. The summed E-state index contributed by atoms with van der Waals surface area (Å²) in [4.78, 5) is 11.6. The van der Waals surface area contributed by atoms with Gasteiger partial charge in [-0.1, -0.05) is 0 Å². The van der Waals surface area contributed by atoms with Gasteiger partial charge in [0, 0.05) is 0 Å². The number of alkyl halides is 3. The number of carbonyl (C=O) groups is 1. The second-order valence-electron chi connectivity index (χ2n) is 6.05. The molecule has 0 amide bonds. The first-order valence-electron chi connectivity index (χ1n) is 6.05. The molecule has 20 heavy (non-hydrogen) atoms. The zero-order valence-corrected chi connectivity index (χ0v) is 13.7. The maximum absolute atomic E-state index is 12.3. The van der Waals surface area contributed by atoms with Crippen LogP contribution in [0.1, 0.15) is 33.6 Å². The number of halogens is 3. The first-order valence-corrected chi connectivity index (χ1v) is 9.15. The van der Waals surface area contributed by atoms with Crippen molar-refractivity contribution in [2.24, 2.45) is 16.7 Å². The molecule has 2 aliphatic rings. The van der Waals surface area contributed by atoms with Gasteiger partial charge < -0.3 is 0 Å². The van der Waals surface area contributed by atoms with Gasteiger partial charge in [-0.3, -0.25) is 0 Å². The molecule has 9 heteroatoms. The second-order valence-corrected chi connectivity index (χ2v) is 9.88. The first-order chi connectivity index (χ1) is 8.84. The van der Waals surface area contributed by atoms with Gasteiger partial charge in [-0.25, -0.2) is 0 Å². The number of ketones is 1. The van der Waals surface area contributed by atoms with Crippen molar-refractivity contribution in [1.82, 2.24) is 0 Å². The van der Waals surface area contributed by atoms with Crippen molar-refractivity contribution in [3.05, 3.63) is 0 Å². The summed E-state index contributed by atoms with van der Waals surface area (Å²) in [5.74, 6) is -0.264. The predicted molar refractivity (Wildman–Crippen MR) is 65.2 cm³/mol. The molecule has 3 atom stereocenters. The molecule has 0 aliphatic heterocycles. The van der Waals surface area contributed by atoms with Crippen molar-refractivity contribution in [3.63, 3.8) is 0 Å². The Morgan fingerprint density at radius 1 is 1.30 bits per heavy atom. The summed E-state index contributed by atoms with van der Waals surface area (Å²) in [7, 11) is -5.61. The third-order valence-electron chi connectivity index (χ3n) is 4.99. The Balaban J connectivity index is 2.16. The number of hydrogen-bond donors (Lipinski definition) is 0. The van der Waals surface area contributed by atoms with Crippen LogP contribution in [0.2, 0.25) is 4.82 Å². The van der Waals surface area contributed by atoms with Crippen LogP contribution in [0.5, 0.6) is 0 Å². The first kappa shape index (κ1) is 16.3. The van der Waals surface area contributed by atoms with Gasteiger partial charge in [0.2, 0.25) is 0 Å². The van der Waals surface area contributed by atoms with E-state index in [4.69, 9.17) is 0 Å². The molecular weight excluding hydrogens is 364 g/mol. The topological polar surface area (TPSA) is 60.4 Å². The van der Waals surface area contributed by atoms with E-state index >= 15 is 0 Å². The van der Waals surface area contributed by atoms with E-state index < -0.39 is 41.1 Å². The number of hydrogen-bond acceptors (Lipinski definition) is 4. The number of rotatable bonds is 3. The molecule has 0 saturated heterocycles. The molecule has 0 aromatic heterocycles. The summed E-state index contributed by atoms with van der Waals surface area (Å²) >= 11 is -1.36. The van der Waals surface area contributed by atoms with Crippen molar-refractivity contribution in [2.75, 3.05) is 0 Å². The standard InChI is InChI=1S/C11H15F3O4SSe/c1-9(2)6-4-5-10(9,3)8(15)7(6)20-18-19(16,17)11(12,13)14/h6-7H,4-5H2,1-3H3/t6-,7+,10+/m1/s1. The molecule has 0 N–H and O–H groups in total. The Labute approximate surface area is 122 Å². The molecule has 2 saturated carbocycles. The second kappa shape index (κ2) is 4.44. The van der Waals surface area contributed by atoms with Crippen LogP contribution in [0, 0.1) is 16.7 Å². The van der Waals surface area contributed by atoms with Crippen LogP contribution >= 0.6 is 0 Å². The quantitative estimate of drug-likeness (QED) is 0.558. The number of fused-ring (bicyclic) bond motifs is 2. The monoisotopic (exact) mass is 380 g/mol. The fourth-order valence-electron chi connectivity index (χ4n) is 3.25. The maximum atomic E-state index is 12.3. The summed E-state index contributed by atoms with van der Waals surface area (Å²) in [6.45, 7) is 5.64. The molecule has 2 fully saturated rings. The van der Waals surface area contributed by atoms with Crippen molar-refractivity contribution < 1.29 is 29.6 Å². The summed E-state index contributed by atoms with van der Waals surface area (Å²) in [6, 6.07) is 0. The average molecular weight is 379 g/mol. The fourth-order valence-corrected chi connectivity index (χ4v) is 7.19. The SMILES string of the molecule is CC1(C)[C@@H]2CC[C@@]1(C)C(=O)[C@H]2[Se]OS(=O)(=O)C(F)(F)F. The number of carbonyl (C=O) groups excluding carboxylic acids is 1. The van der Waals surface area contributed by atoms with Crippen molar-refractivity contribution in [2.45, 2.75) is 43.9 Å². The van der Waals surface area contributed by atoms with Gasteiger partial charge in [0.15, 0.2) is 0 Å². The third-order valence-corrected chi connectivity index (χ3v) is 9.01. The summed E-state index contributed by atoms with van der Waals surface area (Å²) in [5, 5.41) is 0. The van der Waals surface area contributed by atoms with Crippen LogP contribution < -0.4 is 0 Å². The van der Waals surface area contributed by atoms with E-state index in [1.165, 1.54) is 0 Å². The molecule has 4 nitrogen and oxygen atoms in total. The van der Waals surface area contributed by atoms with Crippen molar-refractivity contribution >= 4 is 31.2 Å². The zero-order valence-electron chi connectivity index (χ0n) is 11.2. The van der Waals surface area contributed by atoms with Crippen LogP contribution in [-0.4, -0.2) is 35.0 Å². The van der Waals surface area contributed by atoms with Gasteiger partial charge >= 0.3 is 122 Å². The molecule has 116 valence electrons. The van der Waals surface area contributed by atoms with E-state index in [-0.39, 0.29) is 17.1 Å². The van der Waals surface area contributed by atoms with Crippen LogP contribution in [0.15, 0.2) is 0 Å². The van der Waals surface area contributed by atoms with Gasteiger partial charge in [0.25, 0.3) is 0 Å². The van der Waals surface area contributed by atoms with Gasteiger partial charge in [0.1, 0.15) is 0 Å². The normalized spacial score (nSPS) is 36.6. The van der Waals surface area contributed by atoms with Gasteiger partial charge in [-0.2, -0.15) is 0 Å². The number of Topliss-reactive ketones (excluding diaryl/α,β-unsaturated/α-hetero) is 1. The molecule has 0 spiro atoms. The molecule has 0 radical (unpaired) electrons. The van der Waals surface area contributed by atoms with E-state index in [2.05, 4.69) is 3.27 Å². The Kier molecular flexibility index (Phi) is 3.61. The molecule has 0 aromatic carbocycles. The Morgan fingerprint density at radius 2 is 1.85 bits per heavy atom. The van der Waals surface area contributed by atoms with E-state index in [1.807, 2.05) is 20.8 Å².